The number of ketones is 1. The van der Waals surface area contributed by atoms with Gasteiger partial charge in [0.25, 0.3) is 0 Å². The second kappa shape index (κ2) is 8.75. The van der Waals surface area contributed by atoms with Crippen molar-refractivity contribution < 1.29 is 34.8 Å². The largest absolute Gasteiger partial charge is 0.504 e. The molecule has 0 bridgehead atoms. The Kier molecular flexibility index (Phi) is 6.43. The number of ether oxygens (including phenoxy) is 1. The number of hydrogen-bond acceptors (Lipinski definition) is 7. The van der Waals surface area contributed by atoms with E-state index >= 15 is 0 Å². The van der Waals surface area contributed by atoms with Crippen molar-refractivity contribution in [3.63, 3.8) is 0 Å². The monoisotopic (exact) mass is 372 g/mol. The van der Waals surface area contributed by atoms with Crippen LogP contribution in [-0.2, 0) is 20.7 Å². The number of aromatic hydroxyl groups is 4. The average molecular weight is 372 g/mol. The molecule has 0 aromatic heterocycles. The zero-order chi connectivity index (χ0) is 20.0. The second-order valence-electron chi connectivity index (χ2n) is 6.00. The zero-order valence-electron chi connectivity index (χ0n) is 14.6. The molecule has 0 aliphatic carbocycles. The molecule has 0 amide bonds. The number of methoxy groups -OCH3 is 1. The molecule has 0 heterocycles. The molecule has 0 saturated heterocycles. The van der Waals surface area contributed by atoms with E-state index in [-0.39, 0.29) is 41.6 Å². The molecule has 7 nitrogen and oxygen atoms in total. The van der Waals surface area contributed by atoms with E-state index in [1.54, 1.807) is 6.07 Å². The molecule has 2 aromatic carbocycles. The summed E-state index contributed by atoms with van der Waals surface area (Å²) in [6.45, 7) is 0. The van der Waals surface area contributed by atoms with Crippen molar-refractivity contribution in [3.8, 4) is 23.0 Å². The van der Waals surface area contributed by atoms with Gasteiger partial charge in [-0.15, -0.1) is 0 Å². The van der Waals surface area contributed by atoms with Crippen LogP contribution in [0.15, 0.2) is 42.5 Å². The Morgan fingerprint density at radius 3 is 2.19 bits per heavy atom. The van der Waals surface area contributed by atoms with Crippen LogP contribution in [0.5, 0.6) is 23.0 Å². The van der Waals surface area contributed by atoms with Crippen molar-refractivity contribution in [3.05, 3.63) is 53.6 Å². The van der Waals surface area contributed by atoms with Gasteiger partial charge in [-0.05, 0) is 47.9 Å². The number of carbonyl (C=O) groups excluding carboxylic acids is 2. The summed E-state index contributed by atoms with van der Waals surface area (Å²) in [5, 5.41) is 37.6. The first-order valence-electron chi connectivity index (χ1n) is 8.11. The number of benzene rings is 2. The van der Waals surface area contributed by atoms with Crippen LogP contribution in [0.4, 0.5) is 0 Å². The Balaban J connectivity index is 2.09. The number of carbonyl (C=O) groups is 2. The number of phenols is 4. The molecular formula is C20H20O7. The van der Waals surface area contributed by atoms with Crippen LogP contribution in [-0.4, -0.2) is 39.3 Å². The molecule has 7 heteroatoms. The fourth-order valence-electron chi connectivity index (χ4n) is 2.53. The van der Waals surface area contributed by atoms with Gasteiger partial charge in [-0.3, -0.25) is 9.59 Å². The van der Waals surface area contributed by atoms with E-state index in [0.717, 1.165) is 0 Å². The third-order valence-electron chi connectivity index (χ3n) is 3.97. The Hall–Kier alpha value is -3.48. The maximum Gasteiger partial charge on any atom is 0.309 e. The first-order valence-corrected chi connectivity index (χ1v) is 8.11. The van der Waals surface area contributed by atoms with Crippen molar-refractivity contribution in [2.24, 2.45) is 5.92 Å². The van der Waals surface area contributed by atoms with Crippen LogP contribution in [0, 0.1) is 5.92 Å². The summed E-state index contributed by atoms with van der Waals surface area (Å²) < 4.78 is 4.74. The topological polar surface area (TPSA) is 124 Å². The highest BCUT2D eigenvalue weighted by molar-refractivity contribution is 5.95. The van der Waals surface area contributed by atoms with Crippen LogP contribution < -0.4 is 0 Å². The molecule has 0 radical (unpaired) electrons. The van der Waals surface area contributed by atoms with Gasteiger partial charge in [0.1, 0.15) is 0 Å². The summed E-state index contributed by atoms with van der Waals surface area (Å²) >= 11 is 0. The molecule has 0 aliphatic rings. The van der Waals surface area contributed by atoms with Crippen molar-refractivity contribution in [1.82, 2.24) is 0 Å². The van der Waals surface area contributed by atoms with E-state index in [4.69, 9.17) is 4.74 Å². The average Bonchev–Trinajstić information content (AvgIpc) is 2.64. The molecule has 142 valence electrons. The van der Waals surface area contributed by atoms with E-state index in [1.807, 2.05) is 0 Å². The maximum atomic E-state index is 12.2. The molecule has 0 spiro atoms. The van der Waals surface area contributed by atoms with Gasteiger partial charge < -0.3 is 25.2 Å². The molecule has 0 aliphatic heterocycles. The molecule has 1 unspecified atom stereocenters. The van der Waals surface area contributed by atoms with Crippen LogP contribution >= 0.6 is 0 Å². The van der Waals surface area contributed by atoms with E-state index < -0.39 is 11.9 Å². The summed E-state index contributed by atoms with van der Waals surface area (Å²) in [4.78, 5) is 24.2. The number of esters is 1. The van der Waals surface area contributed by atoms with Crippen molar-refractivity contribution in [2.45, 2.75) is 12.8 Å². The van der Waals surface area contributed by atoms with Gasteiger partial charge in [-0.25, -0.2) is 0 Å². The Bertz CT molecular complexity index is 871. The van der Waals surface area contributed by atoms with Crippen molar-refractivity contribution in [1.29, 1.82) is 0 Å². The SMILES string of the molecule is COC(=O)C(CC(=O)C=Cc1ccc(O)c(O)c1)Cc1ccc(O)c(O)c1. The molecular weight excluding hydrogens is 352 g/mol. The van der Waals surface area contributed by atoms with Gasteiger partial charge in [0.15, 0.2) is 28.8 Å². The van der Waals surface area contributed by atoms with Gasteiger partial charge >= 0.3 is 5.97 Å². The second-order valence-corrected chi connectivity index (χ2v) is 6.00. The lowest BCUT2D eigenvalue weighted by molar-refractivity contribution is -0.146. The highest BCUT2D eigenvalue weighted by Crippen LogP contribution is 2.27. The van der Waals surface area contributed by atoms with Gasteiger partial charge in [-0.2, -0.15) is 0 Å². The fraction of sp³-hybridized carbons (Fsp3) is 0.200. The first-order chi connectivity index (χ1) is 12.8. The van der Waals surface area contributed by atoms with Crippen LogP contribution in [0.25, 0.3) is 6.08 Å². The Morgan fingerprint density at radius 1 is 0.963 bits per heavy atom. The van der Waals surface area contributed by atoms with Gasteiger partial charge in [-0.1, -0.05) is 18.2 Å². The molecule has 4 N–H and O–H groups in total. The molecule has 2 aromatic rings. The van der Waals surface area contributed by atoms with Crippen LogP contribution in [0.1, 0.15) is 17.5 Å². The minimum absolute atomic E-state index is 0.116. The van der Waals surface area contributed by atoms with E-state index in [0.29, 0.717) is 11.1 Å². The molecule has 1 atom stereocenters. The molecule has 0 fully saturated rings. The van der Waals surface area contributed by atoms with Crippen molar-refractivity contribution >= 4 is 17.8 Å². The van der Waals surface area contributed by atoms with Crippen LogP contribution in [0.3, 0.4) is 0 Å². The number of rotatable bonds is 7. The standard InChI is InChI=1S/C20H20O7/c1-27-20(26)14(8-13-4-7-17(23)19(25)10-13)11-15(21)5-2-12-3-6-16(22)18(24)9-12/h2-7,9-10,14,22-25H,8,11H2,1H3. The number of allylic oxidation sites excluding steroid dienone is 1. The Labute approximate surface area is 155 Å². The maximum absolute atomic E-state index is 12.2. The molecule has 27 heavy (non-hydrogen) atoms. The van der Waals surface area contributed by atoms with Gasteiger partial charge in [0.05, 0.1) is 13.0 Å². The third kappa shape index (κ3) is 5.50. The molecule has 0 saturated carbocycles. The van der Waals surface area contributed by atoms with Crippen molar-refractivity contribution in [2.75, 3.05) is 7.11 Å². The van der Waals surface area contributed by atoms with Gasteiger partial charge in [0.2, 0.25) is 0 Å². The normalized spacial score (nSPS) is 12.0. The Morgan fingerprint density at radius 2 is 1.59 bits per heavy atom. The summed E-state index contributed by atoms with van der Waals surface area (Å²) in [6.07, 6.45) is 2.77. The third-order valence-corrected chi connectivity index (χ3v) is 3.97. The molecule has 2 rings (SSSR count). The van der Waals surface area contributed by atoms with Crippen LogP contribution in [0.2, 0.25) is 0 Å². The lowest BCUT2D eigenvalue weighted by Crippen LogP contribution is -2.21. The highest BCUT2D eigenvalue weighted by atomic mass is 16.5. The van der Waals surface area contributed by atoms with Gasteiger partial charge in [0, 0.05) is 6.42 Å². The predicted molar refractivity (Wildman–Crippen MR) is 97.4 cm³/mol. The van der Waals surface area contributed by atoms with E-state index in [2.05, 4.69) is 0 Å². The number of phenolic OH excluding ortho intramolecular Hbond substituents is 4. The summed E-state index contributed by atoms with van der Waals surface area (Å²) in [7, 11) is 1.23. The first kappa shape index (κ1) is 19.8. The lowest BCUT2D eigenvalue weighted by atomic mass is 9.93. The summed E-state index contributed by atoms with van der Waals surface area (Å²) in [5.41, 5.74) is 1.08. The lowest BCUT2D eigenvalue weighted by Gasteiger charge is -2.13. The highest BCUT2D eigenvalue weighted by Gasteiger charge is 2.22. The van der Waals surface area contributed by atoms with E-state index in [1.165, 1.54) is 49.6 Å². The predicted octanol–water partition coefficient (Wildman–Crippen LogP) is 2.51. The quantitative estimate of drug-likeness (QED) is 0.334. The number of hydrogen-bond donors (Lipinski definition) is 4. The zero-order valence-corrected chi connectivity index (χ0v) is 14.6. The summed E-state index contributed by atoms with van der Waals surface area (Å²) in [5.74, 6) is -2.80. The smallest absolute Gasteiger partial charge is 0.309 e. The minimum atomic E-state index is -0.760. The fourth-order valence-corrected chi connectivity index (χ4v) is 2.53. The van der Waals surface area contributed by atoms with E-state index in [9.17, 15) is 30.0 Å². The summed E-state index contributed by atoms with van der Waals surface area (Å²) in [6, 6.07) is 8.30. The minimum Gasteiger partial charge on any atom is -0.504 e.